The molecule has 0 radical (unpaired) electrons. The van der Waals surface area contributed by atoms with Crippen LogP contribution in [-0.4, -0.2) is 30.3 Å². The molecule has 0 aromatic heterocycles. The van der Waals surface area contributed by atoms with Gasteiger partial charge in [0.2, 0.25) is 0 Å². The summed E-state index contributed by atoms with van der Waals surface area (Å²) in [6, 6.07) is 4.59. The monoisotopic (exact) mass is 250 g/mol. The lowest BCUT2D eigenvalue weighted by molar-refractivity contribution is 0.0697. The highest BCUT2D eigenvalue weighted by Gasteiger charge is 2.15. The lowest BCUT2D eigenvalue weighted by Crippen LogP contribution is -2.19. The first-order chi connectivity index (χ1) is 8.66. The first kappa shape index (κ1) is 12.7. The van der Waals surface area contributed by atoms with Gasteiger partial charge < -0.3 is 20.9 Å². The first-order valence-corrected chi connectivity index (χ1v) is 6.17. The Bertz CT molecular complexity index is 426. The normalized spacial score (nSPS) is 20.1. The Hall–Kier alpha value is -1.75. The second-order valence-electron chi connectivity index (χ2n) is 4.48. The quantitative estimate of drug-likeness (QED) is 0.708. The van der Waals surface area contributed by atoms with E-state index < -0.39 is 5.97 Å². The fourth-order valence-corrected chi connectivity index (χ4v) is 2.07. The molecule has 1 atom stereocenters. The Morgan fingerprint density at radius 2 is 2.22 bits per heavy atom. The molecule has 18 heavy (non-hydrogen) atoms. The van der Waals surface area contributed by atoms with Crippen molar-refractivity contribution in [2.24, 2.45) is 0 Å². The van der Waals surface area contributed by atoms with Crippen molar-refractivity contribution in [3.63, 3.8) is 0 Å². The Morgan fingerprint density at radius 1 is 1.39 bits per heavy atom. The van der Waals surface area contributed by atoms with Gasteiger partial charge in [0.1, 0.15) is 11.9 Å². The number of benzene rings is 1. The fourth-order valence-electron chi connectivity index (χ4n) is 2.07. The number of anilines is 1. The minimum atomic E-state index is -0.980. The molecular weight excluding hydrogens is 232 g/mol. The molecule has 2 rings (SSSR count). The third-order valence-electron chi connectivity index (χ3n) is 3.07. The molecule has 1 heterocycles. The van der Waals surface area contributed by atoms with E-state index in [0.717, 1.165) is 32.4 Å². The Kier molecular flexibility index (Phi) is 4.04. The molecule has 0 aliphatic carbocycles. The average molecular weight is 250 g/mol. The Labute approximate surface area is 106 Å². The van der Waals surface area contributed by atoms with Crippen molar-refractivity contribution in [1.82, 2.24) is 5.32 Å². The van der Waals surface area contributed by atoms with E-state index in [0.29, 0.717) is 11.4 Å². The van der Waals surface area contributed by atoms with Gasteiger partial charge in [-0.1, -0.05) is 0 Å². The molecule has 1 unspecified atom stereocenters. The van der Waals surface area contributed by atoms with Crippen LogP contribution >= 0.6 is 0 Å². The van der Waals surface area contributed by atoms with Crippen LogP contribution < -0.4 is 15.8 Å². The predicted octanol–water partition coefficient (Wildman–Crippen LogP) is 1.49. The van der Waals surface area contributed by atoms with Crippen molar-refractivity contribution in [2.75, 3.05) is 18.8 Å². The highest BCUT2D eigenvalue weighted by atomic mass is 16.5. The van der Waals surface area contributed by atoms with E-state index in [2.05, 4.69) is 5.32 Å². The number of carbonyl (C=O) groups is 1. The zero-order chi connectivity index (χ0) is 13.0. The van der Waals surface area contributed by atoms with Gasteiger partial charge >= 0.3 is 5.97 Å². The van der Waals surface area contributed by atoms with E-state index in [4.69, 9.17) is 15.6 Å². The number of nitrogen functional groups attached to an aromatic ring is 1. The maximum atomic E-state index is 10.8. The van der Waals surface area contributed by atoms with Gasteiger partial charge in [0.15, 0.2) is 0 Å². The van der Waals surface area contributed by atoms with Crippen molar-refractivity contribution in [3.05, 3.63) is 23.8 Å². The highest BCUT2D eigenvalue weighted by Crippen LogP contribution is 2.25. The molecule has 98 valence electrons. The van der Waals surface area contributed by atoms with Crippen molar-refractivity contribution in [2.45, 2.75) is 25.4 Å². The molecule has 5 heteroatoms. The number of aromatic carboxylic acids is 1. The number of carboxylic acids is 1. The van der Waals surface area contributed by atoms with Gasteiger partial charge in [0.25, 0.3) is 0 Å². The van der Waals surface area contributed by atoms with Crippen LogP contribution in [0.15, 0.2) is 18.2 Å². The van der Waals surface area contributed by atoms with Gasteiger partial charge in [-0.05, 0) is 50.6 Å². The number of hydrogen-bond donors (Lipinski definition) is 3. The van der Waals surface area contributed by atoms with Crippen LogP contribution in [0.4, 0.5) is 5.69 Å². The van der Waals surface area contributed by atoms with E-state index in [1.807, 2.05) is 0 Å². The van der Waals surface area contributed by atoms with E-state index in [9.17, 15) is 4.79 Å². The first-order valence-electron chi connectivity index (χ1n) is 6.17. The molecule has 0 bridgehead atoms. The van der Waals surface area contributed by atoms with E-state index >= 15 is 0 Å². The lowest BCUT2D eigenvalue weighted by Gasteiger charge is -2.18. The summed E-state index contributed by atoms with van der Waals surface area (Å²) in [5.74, 6) is -0.404. The summed E-state index contributed by atoms with van der Waals surface area (Å²) in [6.07, 6.45) is 3.17. The molecule has 5 nitrogen and oxygen atoms in total. The summed E-state index contributed by atoms with van der Waals surface area (Å²) in [4.78, 5) is 10.8. The maximum absolute atomic E-state index is 10.8. The zero-order valence-corrected chi connectivity index (χ0v) is 10.2. The molecule has 4 N–H and O–H groups in total. The van der Waals surface area contributed by atoms with Crippen LogP contribution in [0.3, 0.4) is 0 Å². The Morgan fingerprint density at radius 3 is 2.94 bits per heavy atom. The summed E-state index contributed by atoms with van der Waals surface area (Å²) in [5.41, 5.74) is 6.38. The molecular formula is C13H18N2O3. The topological polar surface area (TPSA) is 84.6 Å². The van der Waals surface area contributed by atoms with Crippen LogP contribution in [0.5, 0.6) is 5.75 Å². The molecule has 1 saturated heterocycles. The number of ether oxygens (including phenoxy) is 1. The highest BCUT2D eigenvalue weighted by molar-refractivity contribution is 5.89. The van der Waals surface area contributed by atoms with Gasteiger partial charge in [-0.25, -0.2) is 4.79 Å². The standard InChI is InChI=1S/C13H18N2O3/c14-11-8-9(13(16)17)3-4-12(11)18-10-2-1-6-15-7-5-10/h3-4,8,10,15H,1-2,5-7,14H2,(H,16,17). The zero-order valence-electron chi connectivity index (χ0n) is 10.2. The van der Waals surface area contributed by atoms with Crippen LogP contribution in [0.1, 0.15) is 29.6 Å². The second-order valence-corrected chi connectivity index (χ2v) is 4.48. The summed E-state index contributed by atoms with van der Waals surface area (Å²) in [5, 5.41) is 12.2. The molecule has 1 aromatic carbocycles. The molecule has 0 amide bonds. The summed E-state index contributed by atoms with van der Waals surface area (Å²) < 4.78 is 5.84. The molecule has 1 aliphatic rings. The smallest absolute Gasteiger partial charge is 0.335 e. The van der Waals surface area contributed by atoms with Gasteiger partial charge in [-0.2, -0.15) is 0 Å². The minimum absolute atomic E-state index is 0.151. The van der Waals surface area contributed by atoms with E-state index in [1.165, 1.54) is 12.1 Å². The van der Waals surface area contributed by atoms with Crippen LogP contribution in [0.25, 0.3) is 0 Å². The maximum Gasteiger partial charge on any atom is 0.335 e. The Balaban J connectivity index is 2.06. The lowest BCUT2D eigenvalue weighted by atomic mass is 10.1. The SMILES string of the molecule is Nc1cc(C(=O)O)ccc1OC1CCCNCC1. The molecule has 0 saturated carbocycles. The van der Waals surface area contributed by atoms with Gasteiger partial charge in [-0.15, -0.1) is 0 Å². The second kappa shape index (κ2) is 5.73. The van der Waals surface area contributed by atoms with E-state index in [1.54, 1.807) is 6.07 Å². The van der Waals surface area contributed by atoms with Gasteiger partial charge in [0.05, 0.1) is 11.3 Å². The molecule has 1 aliphatic heterocycles. The molecule has 1 fully saturated rings. The molecule has 1 aromatic rings. The number of carboxylic acid groups (broad SMARTS) is 1. The minimum Gasteiger partial charge on any atom is -0.488 e. The van der Waals surface area contributed by atoms with E-state index in [-0.39, 0.29) is 11.7 Å². The molecule has 0 spiro atoms. The van der Waals surface area contributed by atoms with Gasteiger partial charge in [-0.3, -0.25) is 0 Å². The third kappa shape index (κ3) is 3.13. The predicted molar refractivity (Wildman–Crippen MR) is 69.0 cm³/mol. The van der Waals surface area contributed by atoms with Gasteiger partial charge in [0, 0.05) is 0 Å². The van der Waals surface area contributed by atoms with Crippen molar-refractivity contribution in [3.8, 4) is 5.75 Å². The summed E-state index contributed by atoms with van der Waals surface area (Å²) in [7, 11) is 0. The summed E-state index contributed by atoms with van der Waals surface area (Å²) >= 11 is 0. The average Bonchev–Trinajstić information content (AvgIpc) is 2.60. The van der Waals surface area contributed by atoms with Crippen LogP contribution in [0.2, 0.25) is 0 Å². The van der Waals surface area contributed by atoms with Crippen molar-refractivity contribution < 1.29 is 14.6 Å². The van der Waals surface area contributed by atoms with Crippen molar-refractivity contribution in [1.29, 1.82) is 0 Å². The number of rotatable bonds is 3. The number of nitrogens with one attached hydrogen (secondary N) is 1. The van der Waals surface area contributed by atoms with Crippen LogP contribution in [0, 0.1) is 0 Å². The third-order valence-corrected chi connectivity index (χ3v) is 3.07. The number of hydrogen-bond acceptors (Lipinski definition) is 4. The number of nitrogens with two attached hydrogens (primary N) is 1. The summed E-state index contributed by atoms with van der Waals surface area (Å²) in [6.45, 7) is 1.96. The van der Waals surface area contributed by atoms with Crippen molar-refractivity contribution >= 4 is 11.7 Å². The largest absolute Gasteiger partial charge is 0.488 e. The fraction of sp³-hybridized carbons (Fsp3) is 0.462. The van der Waals surface area contributed by atoms with Crippen LogP contribution in [-0.2, 0) is 0 Å².